The molecular formula is C24H23N3O2. The first-order chi connectivity index (χ1) is 14.2. The minimum Gasteiger partial charge on any atom is -0.333 e. The summed E-state index contributed by atoms with van der Waals surface area (Å²) >= 11 is 0. The van der Waals surface area contributed by atoms with Crippen molar-refractivity contribution in [3.8, 4) is 0 Å². The number of hydrogen-bond acceptors (Lipinski definition) is 2. The van der Waals surface area contributed by atoms with Gasteiger partial charge in [-0.3, -0.25) is 9.69 Å². The smallest absolute Gasteiger partial charge is 0.322 e. The summed E-state index contributed by atoms with van der Waals surface area (Å²) in [6.45, 7) is 0.933. The van der Waals surface area contributed by atoms with E-state index in [4.69, 9.17) is 0 Å². The van der Waals surface area contributed by atoms with E-state index < -0.39 is 0 Å². The van der Waals surface area contributed by atoms with Crippen molar-refractivity contribution in [2.45, 2.75) is 19.0 Å². The summed E-state index contributed by atoms with van der Waals surface area (Å²) in [5, 5.41) is 3.05. The predicted molar refractivity (Wildman–Crippen MR) is 115 cm³/mol. The van der Waals surface area contributed by atoms with Crippen LogP contribution in [-0.2, 0) is 11.3 Å². The number of para-hydroxylation sites is 2. The van der Waals surface area contributed by atoms with Crippen LogP contribution in [0.4, 0.5) is 16.2 Å². The first kappa shape index (κ1) is 18.7. The third-order valence-electron chi connectivity index (χ3n) is 5.02. The van der Waals surface area contributed by atoms with Crippen molar-refractivity contribution in [1.29, 1.82) is 0 Å². The van der Waals surface area contributed by atoms with Gasteiger partial charge >= 0.3 is 6.03 Å². The maximum Gasteiger partial charge on any atom is 0.322 e. The largest absolute Gasteiger partial charge is 0.333 e. The Morgan fingerprint density at radius 2 is 1.48 bits per heavy atom. The van der Waals surface area contributed by atoms with Crippen molar-refractivity contribution in [2.24, 2.45) is 0 Å². The lowest BCUT2D eigenvalue weighted by Gasteiger charge is -2.25. The Bertz CT molecular complexity index is 961. The standard InChI is InChI=1S/C24H23N3O2/c28-23-16-20(18-26(23)21-12-6-2-7-13-21)25-24(29)27(22-14-8-3-9-15-22)17-19-10-4-1-5-11-19/h1-15,20H,16-18H2,(H,25,29). The zero-order chi connectivity index (χ0) is 20.1. The minimum atomic E-state index is -0.225. The number of carbonyl (C=O) groups excluding carboxylic acids is 2. The number of nitrogens with zero attached hydrogens (tertiary/aromatic N) is 2. The van der Waals surface area contributed by atoms with Crippen LogP contribution in [0.1, 0.15) is 12.0 Å². The molecule has 146 valence electrons. The molecule has 1 aliphatic rings. The first-order valence-electron chi connectivity index (χ1n) is 9.73. The highest BCUT2D eigenvalue weighted by Crippen LogP contribution is 2.22. The molecule has 4 rings (SSSR count). The molecule has 3 aromatic rings. The third kappa shape index (κ3) is 4.46. The van der Waals surface area contributed by atoms with Gasteiger partial charge in [0.2, 0.25) is 5.91 Å². The predicted octanol–water partition coefficient (Wildman–Crippen LogP) is 4.21. The van der Waals surface area contributed by atoms with Crippen LogP contribution in [0.25, 0.3) is 0 Å². The molecule has 1 saturated heterocycles. The van der Waals surface area contributed by atoms with Gasteiger partial charge in [-0.2, -0.15) is 0 Å². The fraction of sp³-hybridized carbons (Fsp3) is 0.167. The Kier molecular flexibility index (Phi) is 5.56. The average molecular weight is 385 g/mol. The van der Waals surface area contributed by atoms with E-state index in [1.807, 2.05) is 91.0 Å². The SMILES string of the molecule is O=C1CC(NC(=O)N(Cc2ccccc2)c2ccccc2)CN1c1ccccc1. The number of rotatable bonds is 5. The lowest BCUT2D eigenvalue weighted by molar-refractivity contribution is -0.117. The van der Waals surface area contributed by atoms with Gasteiger partial charge in [0.25, 0.3) is 0 Å². The van der Waals surface area contributed by atoms with Crippen molar-refractivity contribution in [2.75, 3.05) is 16.3 Å². The Hall–Kier alpha value is -3.60. The number of carbonyl (C=O) groups is 2. The van der Waals surface area contributed by atoms with Gasteiger partial charge in [0.15, 0.2) is 0 Å². The molecule has 1 heterocycles. The van der Waals surface area contributed by atoms with Crippen molar-refractivity contribution in [3.63, 3.8) is 0 Å². The van der Waals surface area contributed by atoms with Crippen LogP contribution in [0, 0.1) is 0 Å². The topological polar surface area (TPSA) is 52.7 Å². The highest BCUT2D eigenvalue weighted by molar-refractivity contribution is 5.98. The van der Waals surface area contributed by atoms with Gasteiger partial charge in [0.1, 0.15) is 0 Å². The maximum absolute atomic E-state index is 13.1. The molecule has 5 nitrogen and oxygen atoms in total. The quantitative estimate of drug-likeness (QED) is 0.715. The minimum absolute atomic E-state index is 0.0239. The Labute approximate surface area is 170 Å². The Morgan fingerprint density at radius 1 is 0.897 bits per heavy atom. The van der Waals surface area contributed by atoms with E-state index in [2.05, 4.69) is 5.32 Å². The highest BCUT2D eigenvalue weighted by atomic mass is 16.2. The van der Waals surface area contributed by atoms with Crippen LogP contribution >= 0.6 is 0 Å². The van der Waals surface area contributed by atoms with Gasteiger partial charge in [0, 0.05) is 24.3 Å². The van der Waals surface area contributed by atoms with Crippen molar-refractivity contribution in [3.05, 3.63) is 96.6 Å². The number of benzene rings is 3. The first-order valence-corrected chi connectivity index (χ1v) is 9.73. The van der Waals surface area contributed by atoms with E-state index in [1.54, 1.807) is 9.80 Å². The monoisotopic (exact) mass is 385 g/mol. The molecule has 3 amide bonds. The molecule has 5 heteroatoms. The van der Waals surface area contributed by atoms with Crippen LogP contribution in [0.15, 0.2) is 91.0 Å². The van der Waals surface area contributed by atoms with Crippen LogP contribution < -0.4 is 15.1 Å². The van der Waals surface area contributed by atoms with Crippen molar-refractivity contribution in [1.82, 2.24) is 5.32 Å². The summed E-state index contributed by atoms with van der Waals surface area (Å²) in [7, 11) is 0. The number of urea groups is 1. The number of amides is 3. The second-order valence-corrected chi connectivity index (χ2v) is 7.10. The number of anilines is 2. The zero-order valence-electron chi connectivity index (χ0n) is 16.1. The molecule has 0 bridgehead atoms. The normalized spacial score (nSPS) is 15.9. The van der Waals surface area contributed by atoms with Gasteiger partial charge in [-0.25, -0.2) is 4.79 Å². The molecule has 0 aromatic heterocycles. The second-order valence-electron chi connectivity index (χ2n) is 7.10. The van der Waals surface area contributed by atoms with Crippen molar-refractivity contribution < 1.29 is 9.59 Å². The summed E-state index contributed by atoms with van der Waals surface area (Å²) in [5.41, 5.74) is 2.72. The molecule has 0 saturated carbocycles. The molecule has 1 fully saturated rings. The summed E-state index contributed by atoms with van der Waals surface area (Å²) in [4.78, 5) is 29.0. The molecule has 0 radical (unpaired) electrons. The molecule has 3 aromatic carbocycles. The van der Waals surface area contributed by atoms with Crippen molar-refractivity contribution >= 4 is 23.3 Å². The maximum atomic E-state index is 13.1. The fourth-order valence-electron chi connectivity index (χ4n) is 3.57. The lowest BCUT2D eigenvalue weighted by atomic mass is 10.2. The summed E-state index contributed by atoms with van der Waals surface area (Å²) in [5.74, 6) is 0.0239. The van der Waals surface area contributed by atoms with Crippen LogP contribution in [0.2, 0.25) is 0 Å². The van der Waals surface area contributed by atoms with Gasteiger partial charge in [-0.15, -0.1) is 0 Å². The fourth-order valence-corrected chi connectivity index (χ4v) is 3.57. The van der Waals surface area contributed by atoms with Crippen LogP contribution in [-0.4, -0.2) is 24.5 Å². The van der Waals surface area contributed by atoms with E-state index in [-0.39, 0.29) is 18.0 Å². The number of hydrogen-bond donors (Lipinski definition) is 1. The lowest BCUT2D eigenvalue weighted by Crippen LogP contribution is -2.45. The molecule has 1 aliphatic heterocycles. The molecule has 1 unspecified atom stereocenters. The van der Waals surface area contributed by atoms with Crippen LogP contribution in [0.3, 0.4) is 0 Å². The number of nitrogens with one attached hydrogen (secondary N) is 1. The molecular weight excluding hydrogens is 362 g/mol. The van der Waals surface area contributed by atoms with E-state index in [1.165, 1.54) is 0 Å². The van der Waals surface area contributed by atoms with E-state index >= 15 is 0 Å². The second kappa shape index (κ2) is 8.61. The summed E-state index contributed by atoms with van der Waals surface area (Å²) in [6, 6.07) is 28.6. The average Bonchev–Trinajstić information content (AvgIpc) is 3.14. The van der Waals surface area contributed by atoms with Crippen LogP contribution in [0.5, 0.6) is 0 Å². The summed E-state index contributed by atoms with van der Waals surface area (Å²) < 4.78 is 0. The van der Waals surface area contributed by atoms with Gasteiger partial charge in [0.05, 0.1) is 12.6 Å². The summed E-state index contributed by atoms with van der Waals surface area (Å²) in [6.07, 6.45) is 0.300. The molecule has 29 heavy (non-hydrogen) atoms. The van der Waals surface area contributed by atoms with Gasteiger partial charge < -0.3 is 10.2 Å². The van der Waals surface area contributed by atoms with E-state index in [0.29, 0.717) is 19.5 Å². The third-order valence-corrected chi connectivity index (χ3v) is 5.02. The molecule has 0 spiro atoms. The zero-order valence-corrected chi connectivity index (χ0v) is 16.1. The van der Waals surface area contributed by atoms with Gasteiger partial charge in [-0.05, 0) is 29.8 Å². The Balaban J connectivity index is 1.49. The highest BCUT2D eigenvalue weighted by Gasteiger charge is 2.32. The van der Waals surface area contributed by atoms with E-state index in [0.717, 1.165) is 16.9 Å². The molecule has 0 aliphatic carbocycles. The van der Waals surface area contributed by atoms with E-state index in [9.17, 15) is 9.59 Å². The molecule has 1 atom stereocenters. The Morgan fingerprint density at radius 3 is 2.14 bits per heavy atom. The van der Waals surface area contributed by atoms with Gasteiger partial charge in [-0.1, -0.05) is 66.7 Å². The molecule has 1 N–H and O–H groups in total.